The van der Waals surface area contributed by atoms with Crippen LogP contribution in [0.5, 0.6) is 0 Å². The fourth-order valence-electron chi connectivity index (χ4n) is 1.11. The summed E-state index contributed by atoms with van der Waals surface area (Å²) in [4.78, 5) is 4.15. The lowest BCUT2D eigenvalue weighted by molar-refractivity contribution is 0.523. The summed E-state index contributed by atoms with van der Waals surface area (Å²) < 4.78 is 5.54. The van der Waals surface area contributed by atoms with Gasteiger partial charge in [-0.2, -0.15) is 0 Å². The lowest BCUT2D eigenvalue weighted by Gasteiger charge is -1.90. The number of rotatable bonds is 3. The molecular formula is C9H10N2OS. The summed E-state index contributed by atoms with van der Waals surface area (Å²) in [6.45, 7) is 0.616. The molecule has 0 spiro atoms. The van der Waals surface area contributed by atoms with Crippen molar-refractivity contribution in [3.8, 4) is 10.8 Å². The average molecular weight is 194 g/mol. The first-order chi connectivity index (χ1) is 6.40. The van der Waals surface area contributed by atoms with Crippen LogP contribution < -0.4 is 5.73 Å². The molecule has 0 radical (unpaired) electrons. The Kier molecular flexibility index (Phi) is 2.42. The quantitative estimate of drug-likeness (QED) is 0.812. The Balaban J connectivity index is 2.23. The summed E-state index contributed by atoms with van der Waals surface area (Å²) in [6, 6.07) is 3.88. The third-order valence-corrected chi connectivity index (χ3v) is 2.48. The van der Waals surface area contributed by atoms with Crippen LogP contribution in [0.15, 0.2) is 28.1 Å². The van der Waals surface area contributed by atoms with Crippen molar-refractivity contribution in [2.75, 3.05) is 6.54 Å². The van der Waals surface area contributed by atoms with Crippen LogP contribution in [-0.2, 0) is 6.42 Å². The van der Waals surface area contributed by atoms with Gasteiger partial charge in [0.05, 0.1) is 0 Å². The highest BCUT2D eigenvalue weighted by molar-refractivity contribution is 7.13. The molecule has 3 nitrogen and oxygen atoms in total. The van der Waals surface area contributed by atoms with Gasteiger partial charge in [-0.25, -0.2) is 4.98 Å². The van der Waals surface area contributed by atoms with Gasteiger partial charge in [0.15, 0.2) is 10.8 Å². The van der Waals surface area contributed by atoms with Gasteiger partial charge >= 0.3 is 0 Å². The second-order valence-electron chi connectivity index (χ2n) is 2.64. The molecule has 0 aliphatic rings. The van der Waals surface area contributed by atoms with E-state index in [4.69, 9.17) is 10.2 Å². The molecule has 0 atom stereocenters. The van der Waals surface area contributed by atoms with Crippen molar-refractivity contribution >= 4 is 11.3 Å². The fraction of sp³-hybridized carbons (Fsp3) is 0.222. The Morgan fingerprint density at radius 2 is 2.38 bits per heavy atom. The summed E-state index contributed by atoms with van der Waals surface area (Å²) in [6.07, 6.45) is 2.55. The number of hydrogen-bond acceptors (Lipinski definition) is 4. The van der Waals surface area contributed by atoms with E-state index in [2.05, 4.69) is 4.98 Å². The predicted molar refractivity (Wildman–Crippen MR) is 52.6 cm³/mol. The highest BCUT2D eigenvalue weighted by Gasteiger charge is 2.05. The first kappa shape index (κ1) is 8.47. The maximum atomic E-state index is 5.54. The van der Waals surface area contributed by atoms with E-state index in [1.165, 1.54) is 0 Å². The molecular weight excluding hydrogens is 184 g/mol. The standard InChI is InChI=1S/C9H10N2OS/c10-4-3-7-1-2-8(12-7)9-11-5-6-13-9/h1-2,5-6H,3-4,10H2. The molecule has 0 saturated carbocycles. The molecule has 2 heterocycles. The number of thiazole rings is 1. The van der Waals surface area contributed by atoms with Gasteiger partial charge < -0.3 is 10.2 Å². The highest BCUT2D eigenvalue weighted by Crippen LogP contribution is 2.23. The Bertz CT molecular complexity index is 367. The van der Waals surface area contributed by atoms with Crippen molar-refractivity contribution < 1.29 is 4.42 Å². The van der Waals surface area contributed by atoms with Crippen molar-refractivity contribution in [1.82, 2.24) is 4.98 Å². The molecule has 13 heavy (non-hydrogen) atoms. The van der Waals surface area contributed by atoms with E-state index in [0.717, 1.165) is 22.9 Å². The van der Waals surface area contributed by atoms with Crippen LogP contribution in [0.4, 0.5) is 0 Å². The van der Waals surface area contributed by atoms with Crippen molar-refractivity contribution in [2.24, 2.45) is 5.73 Å². The molecule has 0 saturated heterocycles. The molecule has 2 aromatic rings. The smallest absolute Gasteiger partial charge is 0.162 e. The zero-order valence-electron chi connectivity index (χ0n) is 7.06. The maximum absolute atomic E-state index is 5.54. The van der Waals surface area contributed by atoms with Gasteiger partial charge in [0.1, 0.15) is 5.76 Å². The number of nitrogens with zero attached hydrogens (tertiary/aromatic N) is 1. The minimum absolute atomic E-state index is 0.616. The second-order valence-corrected chi connectivity index (χ2v) is 3.54. The average Bonchev–Trinajstić information content (AvgIpc) is 2.70. The third-order valence-electron chi connectivity index (χ3n) is 1.70. The van der Waals surface area contributed by atoms with Crippen molar-refractivity contribution in [3.63, 3.8) is 0 Å². The van der Waals surface area contributed by atoms with Gasteiger partial charge in [0.2, 0.25) is 0 Å². The summed E-state index contributed by atoms with van der Waals surface area (Å²) in [5, 5.41) is 2.85. The molecule has 68 valence electrons. The van der Waals surface area contributed by atoms with Gasteiger partial charge in [-0.05, 0) is 18.7 Å². The molecule has 2 N–H and O–H groups in total. The lowest BCUT2D eigenvalue weighted by atomic mass is 10.3. The van der Waals surface area contributed by atoms with E-state index in [-0.39, 0.29) is 0 Å². The van der Waals surface area contributed by atoms with Gasteiger partial charge in [0, 0.05) is 18.0 Å². The van der Waals surface area contributed by atoms with Crippen LogP contribution in [0.1, 0.15) is 5.76 Å². The fourth-order valence-corrected chi connectivity index (χ4v) is 1.71. The van der Waals surface area contributed by atoms with E-state index >= 15 is 0 Å². The molecule has 0 fully saturated rings. The topological polar surface area (TPSA) is 52.0 Å². The SMILES string of the molecule is NCCc1ccc(-c2nccs2)o1. The maximum Gasteiger partial charge on any atom is 0.162 e. The summed E-state index contributed by atoms with van der Waals surface area (Å²) in [7, 11) is 0. The van der Waals surface area contributed by atoms with E-state index in [1.54, 1.807) is 17.5 Å². The Morgan fingerprint density at radius 3 is 3.08 bits per heavy atom. The molecule has 0 bridgehead atoms. The van der Waals surface area contributed by atoms with Crippen molar-refractivity contribution in [3.05, 3.63) is 29.5 Å². The summed E-state index contributed by atoms with van der Waals surface area (Å²) >= 11 is 1.57. The number of nitrogens with two attached hydrogens (primary N) is 1. The molecule has 0 amide bonds. The zero-order valence-corrected chi connectivity index (χ0v) is 7.88. The van der Waals surface area contributed by atoms with Crippen LogP contribution in [0.2, 0.25) is 0 Å². The third kappa shape index (κ3) is 1.79. The molecule has 0 aromatic carbocycles. The largest absolute Gasteiger partial charge is 0.459 e. The zero-order chi connectivity index (χ0) is 9.10. The first-order valence-electron chi connectivity index (χ1n) is 4.09. The Morgan fingerprint density at radius 1 is 1.46 bits per heavy atom. The first-order valence-corrected chi connectivity index (χ1v) is 4.97. The number of furan rings is 1. The predicted octanol–water partition coefficient (Wildman–Crippen LogP) is 1.90. The summed E-state index contributed by atoms with van der Waals surface area (Å²) in [5.74, 6) is 1.76. The highest BCUT2D eigenvalue weighted by atomic mass is 32.1. The van der Waals surface area contributed by atoms with Crippen LogP contribution in [0, 0.1) is 0 Å². The normalized spacial score (nSPS) is 10.5. The molecule has 0 aliphatic carbocycles. The Hall–Kier alpha value is -1.13. The molecule has 2 rings (SSSR count). The van der Waals surface area contributed by atoms with Crippen LogP contribution in [-0.4, -0.2) is 11.5 Å². The minimum atomic E-state index is 0.616. The van der Waals surface area contributed by atoms with Crippen molar-refractivity contribution in [1.29, 1.82) is 0 Å². The van der Waals surface area contributed by atoms with Gasteiger partial charge in [0.25, 0.3) is 0 Å². The van der Waals surface area contributed by atoms with Gasteiger partial charge in [-0.3, -0.25) is 0 Å². The van der Waals surface area contributed by atoms with Gasteiger partial charge in [-0.1, -0.05) is 0 Å². The van der Waals surface area contributed by atoms with E-state index in [9.17, 15) is 0 Å². The minimum Gasteiger partial charge on any atom is -0.459 e. The Labute approximate surface area is 80.2 Å². The van der Waals surface area contributed by atoms with Gasteiger partial charge in [-0.15, -0.1) is 11.3 Å². The molecule has 0 aliphatic heterocycles. The number of hydrogen-bond donors (Lipinski definition) is 1. The van der Waals surface area contributed by atoms with Crippen LogP contribution >= 0.6 is 11.3 Å². The lowest BCUT2D eigenvalue weighted by Crippen LogP contribution is -2.01. The molecule has 0 unspecified atom stereocenters. The second kappa shape index (κ2) is 3.72. The van der Waals surface area contributed by atoms with Crippen LogP contribution in [0.3, 0.4) is 0 Å². The number of aromatic nitrogens is 1. The molecule has 4 heteroatoms. The van der Waals surface area contributed by atoms with E-state index < -0.39 is 0 Å². The van der Waals surface area contributed by atoms with Crippen LogP contribution in [0.25, 0.3) is 10.8 Å². The monoisotopic (exact) mass is 194 g/mol. The summed E-state index contributed by atoms with van der Waals surface area (Å²) in [5.41, 5.74) is 5.42. The van der Waals surface area contributed by atoms with E-state index in [0.29, 0.717) is 6.54 Å². The van der Waals surface area contributed by atoms with E-state index in [1.807, 2.05) is 17.5 Å². The van der Waals surface area contributed by atoms with Crippen molar-refractivity contribution in [2.45, 2.75) is 6.42 Å². The molecule has 2 aromatic heterocycles.